The van der Waals surface area contributed by atoms with Gasteiger partial charge < -0.3 is 10.8 Å². The molecule has 100 valence electrons. The van der Waals surface area contributed by atoms with Crippen LogP contribution in [0.3, 0.4) is 0 Å². The third-order valence-corrected chi connectivity index (χ3v) is 6.32. The Kier molecular flexibility index (Phi) is 3.49. The predicted octanol–water partition coefficient (Wildman–Crippen LogP) is 0.525. The van der Waals surface area contributed by atoms with E-state index in [0.717, 1.165) is 5.56 Å². The Balaban J connectivity index is 2.42. The quantitative estimate of drug-likeness (QED) is 0.817. The smallest absolute Gasteiger partial charge is 0.154 e. The maximum atomic E-state index is 12.1. The molecule has 0 unspecified atom stereocenters. The Morgan fingerprint density at radius 3 is 2.39 bits per heavy atom. The van der Waals surface area contributed by atoms with E-state index in [1.165, 1.54) is 0 Å². The second-order valence-electron chi connectivity index (χ2n) is 4.86. The molecule has 0 saturated heterocycles. The molecule has 4 nitrogen and oxygen atoms in total. The van der Waals surface area contributed by atoms with E-state index >= 15 is 0 Å². The molecule has 1 aliphatic rings. The molecule has 3 N–H and O–H groups in total. The number of hydrogen-bond donors (Lipinski definition) is 2. The first-order chi connectivity index (χ1) is 8.53. The Bertz CT molecular complexity index is 508. The molecule has 2 rings (SSSR count). The van der Waals surface area contributed by atoms with Crippen molar-refractivity contribution in [3.63, 3.8) is 0 Å². The highest BCUT2D eigenvalue weighted by Crippen LogP contribution is 2.62. The largest absolute Gasteiger partial charge is 0.396 e. The average molecular weight is 269 g/mol. The van der Waals surface area contributed by atoms with E-state index in [-0.39, 0.29) is 24.8 Å². The molecule has 1 fully saturated rings. The second kappa shape index (κ2) is 4.64. The first-order valence-electron chi connectivity index (χ1n) is 6.11. The molecule has 1 aromatic rings. The van der Waals surface area contributed by atoms with Gasteiger partial charge in [0, 0.05) is 23.6 Å². The Hall–Kier alpha value is -0.910. The van der Waals surface area contributed by atoms with Gasteiger partial charge in [-0.15, -0.1) is 0 Å². The van der Waals surface area contributed by atoms with Crippen molar-refractivity contribution < 1.29 is 13.5 Å². The summed E-state index contributed by atoms with van der Waals surface area (Å²) in [6, 6.07) is 9.44. The summed E-state index contributed by atoms with van der Waals surface area (Å²) in [5.41, 5.74) is 5.97. The predicted molar refractivity (Wildman–Crippen MR) is 71.0 cm³/mol. The summed E-state index contributed by atoms with van der Waals surface area (Å²) in [4.78, 5) is 0. The van der Waals surface area contributed by atoms with Crippen LogP contribution in [0.4, 0.5) is 0 Å². The first kappa shape index (κ1) is 13.5. The summed E-state index contributed by atoms with van der Waals surface area (Å²) < 4.78 is 24.2. The third kappa shape index (κ3) is 1.86. The number of nitrogens with two attached hydrogens (primary N) is 1. The molecule has 0 bridgehead atoms. The molecule has 0 amide bonds. The molecule has 1 aromatic carbocycles. The van der Waals surface area contributed by atoms with Crippen LogP contribution in [0.15, 0.2) is 30.3 Å². The van der Waals surface area contributed by atoms with Crippen molar-refractivity contribution in [2.75, 3.05) is 18.9 Å². The minimum absolute atomic E-state index is 0.0861. The van der Waals surface area contributed by atoms with E-state index in [9.17, 15) is 13.5 Å². The molecule has 5 heteroatoms. The molecule has 0 aliphatic heterocycles. The maximum absolute atomic E-state index is 12.1. The van der Waals surface area contributed by atoms with Crippen molar-refractivity contribution in [3.05, 3.63) is 35.9 Å². The number of sulfone groups is 1. The number of rotatable bonds is 5. The van der Waals surface area contributed by atoms with E-state index in [0.29, 0.717) is 0 Å². The van der Waals surface area contributed by atoms with Crippen LogP contribution < -0.4 is 5.73 Å². The van der Waals surface area contributed by atoms with Crippen molar-refractivity contribution in [1.29, 1.82) is 0 Å². The minimum atomic E-state index is -3.19. The van der Waals surface area contributed by atoms with Gasteiger partial charge in [-0.1, -0.05) is 37.3 Å². The minimum Gasteiger partial charge on any atom is -0.396 e. The Morgan fingerprint density at radius 1 is 1.33 bits per heavy atom. The van der Waals surface area contributed by atoms with E-state index < -0.39 is 20.5 Å². The molecule has 1 saturated carbocycles. The van der Waals surface area contributed by atoms with Crippen LogP contribution in [-0.2, 0) is 9.84 Å². The fourth-order valence-corrected chi connectivity index (χ4v) is 5.02. The van der Waals surface area contributed by atoms with Gasteiger partial charge in [0.15, 0.2) is 9.84 Å². The summed E-state index contributed by atoms with van der Waals surface area (Å²) in [5, 5.41) is 9.02. The van der Waals surface area contributed by atoms with Crippen LogP contribution in [0, 0.1) is 5.41 Å². The first-order valence-corrected chi connectivity index (χ1v) is 7.82. The lowest BCUT2D eigenvalue weighted by molar-refractivity contribution is 0.212. The van der Waals surface area contributed by atoms with Crippen molar-refractivity contribution >= 4 is 9.84 Å². The monoisotopic (exact) mass is 269 g/mol. The number of hydrogen-bond acceptors (Lipinski definition) is 4. The summed E-state index contributed by atoms with van der Waals surface area (Å²) in [6.07, 6.45) is 0. The van der Waals surface area contributed by atoms with Gasteiger partial charge >= 0.3 is 0 Å². The molecular weight excluding hydrogens is 250 g/mol. The van der Waals surface area contributed by atoms with Crippen LogP contribution in [-0.4, -0.2) is 37.7 Å². The van der Waals surface area contributed by atoms with Gasteiger partial charge in [0.25, 0.3) is 0 Å². The van der Waals surface area contributed by atoms with Gasteiger partial charge in [-0.25, -0.2) is 8.42 Å². The SMILES string of the molecule is CCS(=O)(=O)[C@H]1[C@@H](c2ccccc2)[C@@]1(CN)CO. The molecule has 0 radical (unpaired) electrons. The van der Waals surface area contributed by atoms with Gasteiger partial charge in [0.05, 0.1) is 11.9 Å². The molecule has 0 aromatic heterocycles. The molecule has 0 spiro atoms. The molecular formula is C13H19NO3S. The lowest BCUT2D eigenvalue weighted by atomic mass is 10.0. The van der Waals surface area contributed by atoms with E-state index in [1.54, 1.807) is 6.92 Å². The van der Waals surface area contributed by atoms with Crippen molar-refractivity contribution in [3.8, 4) is 0 Å². The zero-order valence-corrected chi connectivity index (χ0v) is 11.2. The highest BCUT2D eigenvalue weighted by atomic mass is 32.2. The fraction of sp³-hybridized carbons (Fsp3) is 0.538. The molecule has 0 heterocycles. The normalized spacial score (nSPS) is 31.3. The lowest BCUT2D eigenvalue weighted by Gasteiger charge is -2.11. The summed E-state index contributed by atoms with van der Waals surface area (Å²) in [6.45, 7) is 1.63. The molecule has 18 heavy (non-hydrogen) atoms. The zero-order chi connectivity index (χ0) is 13.4. The van der Waals surface area contributed by atoms with E-state index in [4.69, 9.17) is 5.73 Å². The zero-order valence-electron chi connectivity index (χ0n) is 10.4. The second-order valence-corrected chi connectivity index (χ2v) is 7.27. The number of aliphatic hydroxyl groups excluding tert-OH is 1. The topological polar surface area (TPSA) is 80.4 Å². The Labute approximate surface area is 108 Å². The van der Waals surface area contributed by atoms with Crippen LogP contribution in [0.2, 0.25) is 0 Å². The van der Waals surface area contributed by atoms with Crippen LogP contribution in [0.5, 0.6) is 0 Å². The van der Waals surface area contributed by atoms with Crippen molar-refractivity contribution in [2.45, 2.75) is 18.1 Å². The third-order valence-electron chi connectivity index (χ3n) is 4.00. The van der Waals surface area contributed by atoms with Gasteiger partial charge in [-0.3, -0.25) is 0 Å². The molecule has 3 atom stereocenters. The average Bonchev–Trinajstić information content (AvgIpc) is 3.10. The number of aliphatic hydroxyl groups is 1. The van der Waals surface area contributed by atoms with E-state index in [2.05, 4.69) is 0 Å². The van der Waals surface area contributed by atoms with E-state index in [1.807, 2.05) is 30.3 Å². The highest BCUT2D eigenvalue weighted by molar-refractivity contribution is 7.92. The summed E-state index contributed by atoms with van der Waals surface area (Å²) in [7, 11) is -3.19. The highest BCUT2D eigenvalue weighted by Gasteiger charge is 2.69. The van der Waals surface area contributed by atoms with Gasteiger partial charge in [-0.05, 0) is 5.56 Å². The van der Waals surface area contributed by atoms with Gasteiger partial charge in [-0.2, -0.15) is 0 Å². The van der Waals surface area contributed by atoms with Crippen molar-refractivity contribution in [2.24, 2.45) is 11.1 Å². The summed E-state index contributed by atoms with van der Waals surface area (Å²) in [5.74, 6) is -0.0957. The fourth-order valence-electron chi connectivity index (χ4n) is 2.86. The van der Waals surface area contributed by atoms with Crippen molar-refractivity contribution in [1.82, 2.24) is 0 Å². The van der Waals surface area contributed by atoms with Gasteiger partial charge in [0.1, 0.15) is 0 Å². The maximum Gasteiger partial charge on any atom is 0.154 e. The standard InChI is InChI=1S/C13H19NO3S/c1-2-18(16,17)12-11(13(12,8-14)9-15)10-6-4-3-5-7-10/h3-7,11-12,15H,2,8-9,14H2,1H3/t11-,12+,13-/m1/s1. The Morgan fingerprint density at radius 2 is 1.94 bits per heavy atom. The summed E-state index contributed by atoms with van der Waals surface area (Å²) >= 11 is 0. The molecule has 1 aliphatic carbocycles. The van der Waals surface area contributed by atoms with Crippen LogP contribution >= 0.6 is 0 Å². The lowest BCUT2D eigenvalue weighted by Crippen LogP contribution is -2.28. The number of benzene rings is 1. The van der Waals surface area contributed by atoms with Gasteiger partial charge in [0.2, 0.25) is 0 Å². The van der Waals surface area contributed by atoms with Crippen LogP contribution in [0.1, 0.15) is 18.4 Å². The van der Waals surface area contributed by atoms with Crippen LogP contribution in [0.25, 0.3) is 0 Å².